The van der Waals surface area contributed by atoms with E-state index in [1.54, 1.807) is 30.3 Å². The predicted octanol–water partition coefficient (Wildman–Crippen LogP) is 4.44. The van der Waals surface area contributed by atoms with Crippen LogP contribution in [0.25, 0.3) is 0 Å². The average Bonchev–Trinajstić information content (AvgIpc) is 3.31. The van der Waals surface area contributed by atoms with E-state index in [0.29, 0.717) is 24.6 Å². The molecule has 0 spiro atoms. The van der Waals surface area contributed by atoms with E-state index >= 15 is 0 Å². The first-order valence-electron chi connectivity index (χ1n) is 12.5. The fourth-order valence-corrected chi connectivity index (χ4v) is 5.74. The highest BCUT2D eigenvalue weighted by atomic mass is 32.2. The molecule has 1 N–H and O–H groups in total. The van der Waals surface area contributed by atoms with Gasteiger partial charge >= 0.3 is 0 Å². The number of anilines is 1. The van der Waals surface area contributed by atoms with Gasteiger partial charge in [0, 0.05) is 26.1 Å². The summed E-state index contributed by atoms with van der Waals surface area (Å²) in [6.07, 6.45) is 1.52. The van der Waals surface area contributed by atoms with Crippen molar-refractivity contribution in [2.75, 3.05) is 17.4 Å². The summed E-state index contributed by atoms with van der Waals surface area (Å²) in [6.45, 7) is 5.45. The van der Waals surface area contributed by atoms with Crippen molar-refractivity contribution in [2.24, 2.45) is 0 Å². The van der Waals surface area contributed by atoms with Crippen LogP contribution in [0.1, 0.15) is 49.3 Å². The van der Waals surface area contributed by atoms with E-state index in [-0.39, 0.29) is 23.9 Å². The van der Waals surface area contributed by atoms with Gasteiger partial charge in [-0.05, 0) is 53.3 Å². The second-order valence-electron chi connectivity index (χ2n) is 9.58. The Labute approximate surface area is 219 Å². The van der Waals surface area contributed by atoms with Crippen molar-refractivity contribution in [3.05, 3.63) is 95.6 Å². The Balaban J connectivity index is 1.45. The van der Waals surface area contributed by atoms with Crippen LogP contribution < -0.4 is 9.62 Å². The predicted molar refractivity (Wildman–Crippen MR) is 144 cm³/mol. The molecule has 194 valence electrons. The summed E-state index contributed by atoms with van der Waals surface area (Å²) in [5, 5.41) is 2.84. The number of nitrogens with one attached hydrogen (secondary N) is 1. The van der Waals surface area contributed by atoms with Crippen LogP contribution in [-0.4, -0.2) is 38.2 Å². The highest BCUT2D eigenvalue weighted by molar-refractivity contribution is 7.92. The Morgan fingerprint density at radius 1 is 0.946 bits per heavy atom. The minimum absolute atomic E-state index is 0.128. The van der Waals surface area contributed by atoms with Crippen LogP contribution >= 0.6 is 0 Å². The van der Waals surface area contributed by atoms with Crippen LogP contribution in [0.2, 0.25) is 0 Å². The fourth-order valence-electron chi connectivity index (χ4n) is 4.30. The number of rotatable bonds is 10. The number of amides is 2. The van der Waals surface area contributed by atoms with Crippen molar-refractivity contribution in [3.8, 4) is 0 Å². The van der Waals surface area contributed by atoms with Gasteiger partial charge in [0.2, 0.25) is 11.8 Å². The third-order valence-electron chi connectivity index (χ3n) is 6.52. The summed E-state index contributed by atoms with van der Waals surface area (Å²) in [6, 6.07) is 23.1. The smallest absolute Gasteiger partial charge is 0.264 e. The lowest BCUT2D eigenvalue weighted by atomic mass is 10.0. The maximum atomic E-state index is 13.5. The van der Waals surface area contributed by atoms with E-state index in [2.05, 4.69) is 19.2 Å². The quantitative estimate of drug-likeness (QED) is 0.429. The summed E-state index contributed by atoms with van der Waals surface area (Å²) in [5.74, 6) is 0.0862. The lowest BCUT2D eigenvalue weighted by Crippen LogP contribution is -2.40. The number of sulfonamides is 1. The molecule has 1 heterocycles. The van der Waals surface area contributed by atoms with Gasteiger partial charge in [0.15, 0.2) is 0 Å². The van der Waals surface area contributed by atoms with Crippen LogP contribution in [0.4, 0.5) is 5.69 Å². The van der Waals surface area contributed by atoms with Crippen LogP contribution in [0.3, 0.4) is 0 Å². The number of likely N-dealkylation sites (tertiary alicyclic amines) is 1. The highest BCUT2D eigenvalue weighted by Crippen LogP contribution is 2.26. The first-order valence-corrected chi connectivity index (χ1v) is 14.0. The van der Waals surface area contributed by atoms with Gasteiger partial charge in [-0.1, -0.05) is 68.4 Å². The SMILES string of the molecule is CC(C)c1ccc(N(CC(=O)NCc2ccc(CN3CCCC3=O)cc2)S(=O)(=O)c2ccccc2)cc1. The van der Waals surface area contributed by atoms with E-state index in [9.17, 15) is 18.0 Å². The van der Waals surface area contributed by atoms with Gasteiger partial charge in [-0.25, -0.2) is 8.42 Å². The molecule has 3 aromatic rings. The van der Waals surface area contributed by atoms with Crippen LogP contribution in [0.15, 0.2) is 83.8 Å². The summed E-state index contributed by atoms with van der Waals surface area (Å²) in [5.41, 5.74) is 3.45. The molecule has 4 rings (SSSR count). The van der Waals surface area contributed by atoms with Crippen molar-refractivity contribution in [2.45, 2.75) is 50.6 Å². The number of nitrogens with zero attached hydrogens (tertiary/aromatic N) is 2. The molecule has 0 radical (unpaired) electrons. The van der Waals surface area contributed by atoms with Gasteiger partial charge in [0.25, 0.3) is 10.0 Å². The van der Waals surface area contributed by atoms with Gasteiger partial charge in [0.1, 0.15) is 6.54 Å². The molecule has 0 bridgehead atoms. The molecule has 0 aromatic heterocycles. The molecule has 8 heteroatoms. The van der Waals surface area contributed by atoms with Crippen LogP contribution in [0.5, 0.6) is 0 Å². The van der Waals surface area contributed by atoms with Gasteiger partial charge in [0.05, 0.1) is 10.6 Å². The Bertz CT molecular complexity index is 1320. The molecule has 0 aliphatic carbocycles. The molecule has 0 unspecified atom stereocenters. The van der Waals surface area contributed by atoms with Crippen molar-refractivity contribution < 1.29 is 18.0 Å². The Morgan fingerprint density at radius 2 is 1.59 bits per heavy atom. The van der Waals surface area contributed by atoms with Crippen LogP contribution in [0, 0.1) is 0 Å². The van der Waals surface area contributed by atoms with E-state index in [4.69, 9.17) is 0 Å². The third kappa shape index (κ3) is 6.57. The first-order chi connectivity index (χ1) is 17.7. The fraction of sp³-hybridized carbons (Fsp3) is 0.310. The molecule has 37 heavy (non-hydrogen) atoms. The summed E-state index contributed by atoms with van der Waals surface area (Å²) in [4.78, 5) is 26.8. The Hall–Kier alpha value is -3.65. The Kier molecular flexibility index (Phi) is 8.28. The van der Waals surface area contributed by atoms with Crippen molar-refractivity contribution in [1.82, 2.24) is 10.2 Å². The monoisotopic (exact) mass is 519 g/mol. The molecule has 1 aliphatic rings. The molecular formula is C29H33N3O4S. The lowest BCUT2D eigenvalue weighted by Gasteiger charge is -2.24. The van der Waals surface area contributed by atoms with Crippen molar-refractivity contribution >= 4 is 27.5 Å². The largest absolute Gasteiger partial charge is 0.350 e. The minimum Gasteiger partial charge on any atom is -0.350 e. The zero-order valence-electron chi connectivity index (χ0n) is 21.3. The molecule has 3 aromatic carbocycles. The van der Waals surface area contributed by atoms with E-state index < -0.39 is 15.9 Å². The van der Waals surface area contributed by atoms with E-state index in [1.165, 1.54) is 12.1 Å². The first kappa shape index (κ1) is 26.4. The minimum atomic E-state index is -3.95. The number of hydrogen-bond donors (Lipinski definition) is 1. The molecular weight excluding hydrogens is 486 g/mol. The molecule has 2 amide bonds. The van der Waals surface area contributed by atoms with E-state index in [1.807, 2.05) is 41.3 Å². The third-order valence-corrected chi connectivity index (χ3v) is 8.31. The number of carbonyl (C=O) groups is 2. The lowest BCUT2D eigenvalue weighted by molar-refractivity contribution is -0.128. The molecule has 0 atom stereocenters. The summed E-state index contributed by atoms with van der Waals surface area (Å²) in [7, 11) is -3.95. The summed E-state index contributed by atoms with van der Waals surface area (Å²) < 4.78 is 28.1. The second kappa shape index (κ2) is 11.6. The molecule has 1 saturated heterocycles. The molecule has 7 nitrogen and oxygen atoms in total. The van der Waals surface area contributed by atoms with Crippen LogP contribution in [-0.2, 0) is 32.7 Å². The molecule has 1 aliphatic heterocycles. The standard InChI is InChI=1S/C29H33N3O4S/c1-22(2)25-14-16-26(17-15-25)32(37(35,36)27-7-4-3-5-8-27)21-28(33)30-19-23-10-12-24(13-11-23)20-31-18-6-9-29(31)34/h3-5,7-8,10-17,22H,6,9,18-21H2,1-2H3,(H,30,33). The van der Waals surface area contributed by atoms with Gasteiger partial charge in [-0.3, -0.25) is 13.9 Å². The summed E-state index contributed by atoms with van der Waals surface area (Å²) >= 11 is 0. The van der Waals surface area contributed by atoms with Gasteiger partial charge in [-0.2, -0.15) is 0 Å². The average molecular weight is 520 g/mol. The maximum absolute atomic E-state index is 13.5. The molecule has 1 fully saturated rings. The Morgan fingerprint density at radius 3 is 2.19 bits per heavy atom. The van der Waals surface area contributed by atoms with Crippen molar-refractivity contribution in [3.63, 3.8) is 0 Å². The van der Waals surface area contributed by atoms with Gasteiger partial charge in [-0.15, -0.1) is 0 Å². The maximum Gasteiger partial charge on any atom is 0.264 e. The van der Waals surface area contributed by atoms with Gasteiger partial charge < -0.3 is 10.2 Å². The zero-order chi connectivity index (χ0) is 26.4. The normalized spacial score (nSPS) is 13.7. The number of benzene rings is 3. The number of carbonyl (C=O) groups excluding carboxylic acids is 2. The molecule has 0 saturated carbocycles. The van der Waals surface area contributed by atoms with E-state index in [0.717, 1.165) is 34.0 Å². The topological polar surface area (TPSA) is 86.8 Å². The number of hydrogen-bond acceptors (Lipinski definition) is 4. The van der Waals surface area contributed by atoms with Crippen molar-refractivity contribution in [1.29, 1.82) is 0 Å². The zero-order valence-corrected chi connectivity index (χ0v) is 22.1. The second-order valence-corrected chi connectivity index (χ2v) is 11.4. The highest BCUT2D eigenvalue weighted by Gasteiger charge is 2.27.